The Morgan fingerprint density at radius 2 is 2.04 bits per heavy atom. The van der Waals surface area contributed by atoms with Crippen LogP contribution in [0.2, 0.25) is 0 Å². The fourth-order valence-electron chi connectivity index (χ4n) is 2.61. The number of para-hydroxylation sites is 2. The third kappa shape index (κ3) is 2.66. The maximum absolute atomic E-state index is 10.6. The van der Waals surface area contributed by atoms with E-state index in [2.05, 4.69) is 17.6 Å². The number of aliphatic hydroxyl groups is 1. The van der Waals surface area contributed by atoms with Crippen molar-refractivity contribution in [3.8, 4) is 6.07 Å². The molecule has 5 heteroatoms. The normalized spacial score (nSPS) is 11.8. The summed E-state index contributed by atoms with van der Waals surface area (Å²) in [7, 11) is 1.83. The number of benzene rings is 1. The molecule has 0 radical (unpaired) electrons. The van der Waals surface area contributed by atoms with Crippen LogP contribution in [0.5, 0.6) is 0 Å². The minimum Gasteiger partial charge on any atom is -0.506 e. The lowest BCUT2D eigenvalue weighted by Gasteiger charge is -2.05. The Bertz CT molecular complexity index is 975. The zero-order valence-electron chi connectivity index (χ0n) is 13.3. The predicted molar refractivity (Wildman–Crippen MR) is 92.6 cm³/mol. The first-order valence-electron chi connectivity index (χ1n) is 7.51. The van der Waals surface area contributed by atoms with E-state index in [-0.39, 0.29) is 11.3 Å². The lowest BCUT2D eigenvalue weighted by molar-refractivity contribution is -0.687. The molecule has 0 aliphatic carbocycles. The summed E-state index contributed by atoms with van der Waals surface area (Å²) in [4.78, 5) is 4.48. The monoisotopic (exact) mass is 317 g/mol. The van der Waals surface area contributed by atoms with Gasteiger partial charge in [0.25, 0.3) is 0 Å². The molecule has 0 aliphatic rings. The predicted octanol–water partition coefficient (Wildman–Crippen LogP) is 3.00. The first-order chi connectivity index (χ1) is 11.7. The summed E-state index contributed by atoms with van der Waals surface area (Å²) in [6.07, 6.45) is 5.45. The molecule has 3 aromatic rings. The van der Waals surface area contributed by atoms with Crippen molar-refractivity contribution >= 4 is 22.4 Å². The molecule has 24 heavy (non-hydrogen) atoms. The number of nitriles is 1. The molecular formula is C19H17N4O+. The van der Waals surface area contributed by atoms with Crippen molar-refractivity contribution in [2.75, 3.05) is 0 Å². The van der Waals surface area contributed by atoms with Gasteiger partial charge < -0.3 is 9.67 Å². The second-order valence-corrected chi connectivity index (χ2v) is 5.39. The smallest absolute Gasteiger partial charge is 0.169 e. The average molecular weight is 317 g/mol. The van der Waals surface area contributed by atoms with Crippen LogP contribution in [-0.4, -0.2) is 14.7 Å². The lowest BCUT2D eigenvalue weighted by Crippen LogP contribution is -2.31. The molecule has 0 saturated carbocycles. The summed E-state index contributed by atoms with van der Waals surface area (Å²) >= 11 is 0. The Labute approximate surface area is 140 Å². The first-order valence-corrected chi connectivity index (χ1v) is 7.51. The molecule has 0 atom stereocenters. The standard InChI is InChI=1S/C19H16N4O/c1-3-10-23-11-8-14(9-12-23)18(24)15(13-20)19-21-16-6-4-5-7-17(16)22(19)2/h3-9,11-12H,1,10H2,2H3/p+1. The molecule has 2 heterocycles. The summed E-state index contributed by atoms with van der Waals surface area (Å²) in [5.74, 6) is 0.362. The van der Waals surface area contributed by atoms with Gasteiger partial charge in [-0.2, -0.15) is 5.26 Å². The zero-order valence-corrected chi connectivity index (χ0v) is 13.3. The van der Waals surface area contributed by atoms with Gasteiger partial charge in [-0.25, -0.2) is 9.55 Å². The van der Waals surface area contributed by atoms with Gasteiger partial charge in [0, 0.05) is 24.7 Å². The Morgan fingerprint density at radius 3 is 2.67 bits per heavy atom. The maximum Gasteiger partial charge on any atom is 0.169 e. The molecule has 0 saturated heterocycles. The number of imidazole rings is 1. The topological polar surface area (TPSA) is 65.7 Å². The number of rotatable bonds is 4. The molecule has 0 unspecified atom stereocenters. The Kier molecular flexibility index (Phi) is 4.13. The third-order valence-corrected chi connectivity index (χ3v) is 3.86. The number of aryl methyl sites for hydroxylation is 1. The number of allylic oxidation sites excluding steroid dienone is 2. The number of hydrogen-bond donors (Lipinski definition) is 1. The third-order valence-electron chi connectivity index (χ3n) is 3.86. The Balaban J connectivity index is 2.11. The zero-order chi connectivity index (χ0) is 17.1. The van der Waals surface area contributed by atoms with Crippen molar-refractivity contribution in [1.82, 2.24) is 9.55 Å². The van der Waals surface area contributed by atoms with Gasteiger partial charge >= 0.3 is 0 Å². The number of hydrogen-bond acceptors (Lipinski definition) is 3. The van der Waals surface area contributed by atoms with Crippen molar-refractivity contribution in [1.29, 1.82) is 5.26 Å². The van der Waals surface area contributed by atoms with Crippen LogP contribution in [0.25, 0.3) is 22.4 Å². The van der Waals surface area contributed by atoms with E-state index in [4.69, 9.17) is 0 Å². The minimum atomic E-state index is -0.0818. The van der Waals surface area contributed by atoms with Crippen LogP contribution in [0.15, 0.2) is 61.4 Å². The highest BCUT2D eigenvalue weighted by molar-refractivity contribution is 5.94. The summed E-state index contributed by atoms with van der Waals surface area (Å²) in [6.45, 7) is 4.37. The highest BCUT2D eigenvalue weighted by Crippen LogP contribution is 2.25. The van der Waals surface area contributed by atoms with Gasteiger partial charge in [0.2, 0.25) is 0 Å². The molecule has 1 N–H and O–H groups in total. The summed E-state index contributed by atoms with van der Waals surface area (Å²) in [5, 5.41) is 20.1. The molecule has 0 fully saturated rings. The van der Waals surface area contributed by atoms with Crippen molar-refractivity contribution in [2.24, 2.45) is 7.05 Å². The second-order valence-electron chi connectivity index (χ2n) is 5.39. The van der Waals surface area contributed by atoms with E-state index in [1.165, 1.54) is 0 Å². The van der Waals surface area contributed by atoms with Crippen LogP contribution >= 0.6 is 0 Å². The van der Waals surface area contributed by atoms with Crippen LogP contribution < -0.4 is 4.57 Å². The fourth-order valence-corrected chi connectivity index (χ4v) is 2.61. The fraction of sp³-hybridized carbons (Fsp3) is 0.105. The SMILES string of the molecule is C=CC[n+]1ccc(C(O)=C(C#N)c2nc3ccccc3n2C)cc1. The van der Waals surface area contributed by atoms with E-state index >= 15 is 0 Å². The minimum absolute atomic E-state index is 0.0818. The molecular weight excluding hydrogens is 300 g/mol. The van der Waals surface area contributed by atoms with Gasteiger partial charge in [-0.05, 0) is 18.2 Å². The van der Waals surface area contributed by atoms with Crippen LogP contribution in [0, 0.1) is 11.3 Å². The van der Waals surface area contributed by atoms with Crippen LogP contribution in [0.3, 0.4) is 0 Å². The van der Waals surface area contributed by atoms with Crippen molar-refractivity contribution < 1.29 is 9.67 Å². The van der Waals surface area contributed by atoms with Crippen molar-refractivity contribution in [3.63, 3.8) is 0 Å². The van der Waals surface area contributed by atoms with Crippen LogP contribution in [0.1, 0.15) is 11.4 Å². The summed E-state index contributed by atoms with van der Waals surface area (Å²) in [6, 6.07) is 13.2. The molecule has 3 rings (SSSR count). The van der Waals surface area contributed by atoms with Crippen LogP contribution in [0.4, 0.5) is 0 Å². The number of nitrogens with zero attached hydrogens (tertiary/aromatic N) is 4. The largest absolute Gasteiger partial charge is 0.506 e. The van der Waals surface area contributed by atoms with Gasteiger partial charge in [-0.1, -0.05) is 18.7 Å². The molecule has 0 aliphatic heterocycles. The number of pyridine rings is 1. The average Bonchev–Trinajstić information content (AvgIpc) is 2.94. The second kappa shape index (κ2) is 6.39. The highest BCUT2D eigenvalue weighted by Gasteiger charge is 2.18. The maximum atomic E-state index is 10.6. The van der Waals surface area contributed by atoms with Crippen molar-refractivity contribution in [2.45, 2.75) is 6.54 Å². The molecule has 0 spiro atoms. The van der Waals surface area contributed by atoms with Crippen LogP contribution in [-0.2, 0) is 13.6 Å². The molecule has 0 amide bonds. The van der Waals surface area contributed by atoms with Gasteiger partial charge in [-0.3, -0.25) is 0 Å². The number of aromatic nitrogens is 3. The quantitative estimate of drug-likeness (QED) is 0.348. The number of aliphatic hydroxyl groups excluding tert-OH is 1. The molecule has 1 aromatic carbocycles. The van der Waals surface area contributed by atoms with E-state index in [0.29, 0.717) is 17.9 Å². The first kappa shape index (κ1) is 15.5. The molecule has 5 nitrogen and oxygen atoms in total. The molecule has 118 valence electrons. The Hall–Kier alpha value is -3.39. The lowest BCUT2D eigenvalue weighted by atomic mass is 10.1. The number of fused-ring (bicyclic) bond motifs is 1. The van der Waals surface area contributed by atoms with E-state index in [1.54, 1.807) is 18.2 Å². The van der Waals surface area contributed by atoms with Gasteiger partial charge in [0.1, 0.15) is 17.4 Å². The van der Waals surface area contributed by atoms with Gasteiger partial charge in [0.15, 0.2) is 24.8 Å². The highest BCUT2D eigenvalue weighted by atomic mass is 16.3. The summed E-state index contributed by atoms with van der Waals surface area (Å²) < 4.78 is 3.73. The van der Waals surface area contributed by atoms with Gasteiger partial charge in [0.05, 0.1) is 11.0 Å². The Morgan fingerprint density at radius 1 is 1.33 bits per heavy atom. The van der Waals surface area contributed by atoms with E-state index < -0.39 is 0 Å². The van der Waals surface area contributed by atoms with Crippen molar-refractivity contribution in [3.05, 3.63) is 72.8 Å². The molecule has 2 aromatic heterocycles. The summed E-state index contributed by atoms with van der Waals surface area (Å²) in [5.41, 5.74) is 2.41. The van der Waals surface area contributed by atoms with E-state index in [1.807, 2.05) is 52.8 Å². The van der Waals surface area contributed by atoms with E-state index in [0.717, 1.165) is 11.0 Å². The van der Waals surface area contributed by atoms with Gasteiger partial charge in [-0.15, -0.1) is 0 Å². The molecule has 0 bridgehead atoms. The van der Waals surface area contributed by atoms with E-state index in [9.17, 15) is 10.4 Å².